The lowest BCUT2D eigenvalue weighted by molar-refractivity contribution is 0.0518. The lowest BCUT2D eigenvalue weighted by atomic mass is 9.75. The molecule has 2 aromatic rings. The molecular formula is C16H19NO3S2. The van der Waals surface area contributed by atoms with Gasteiger partial charge in [-0.3, -0.25) is 0 Å². The summed E-state index contributed by atoms with van der Waals surface area (Å²) in [6, 6.07) is 10.6. The number of ether oxygens (including phenoxy) is 1. The zero-order valence-corrected chi connectivity index (χ0v) is 13.8. The van der Waals surface area contributed by atoms with Crippen molar-refractivity contribution in [3.63, 3.8) is 0 Å². The lowest BCUT2D eigenvalue weighted by Gasteiger charge is -2.37. The summed E-state index contributed by atoms with van der Waals surface area (Å²) in [5.74, 6) is 0. The van der Waals surface area contributed by atoms with E-state index in [1.807, 2.05) is 11.4 Å². The van der Waals surface area contributed by atoms with Crippen molar-refractivity contribution in [2.45, 2.75) is 23.2 Å². The topological polar surface area (TPSA) is 55.4 Å². The summed E-state index contributed by atoms with van der Waals surface area (Å²) in [7, 11) is -3.48. The standard InChI is InChI=1S/C16H19NO3S2/c18-22(19,15-4-2-1-3-5-15)17-13-16(7-9-20-10-8-16)14-6-11-21-12-14/h1-6,11-12,17H,7-10,13H2. The monoisotopic (exact) mass is 337 g/mol. The highest BCUT2D eigenvalue weighted by Crippen LogP contribution is 2.35. The minimum atomic E-state index is -3.48. The number of rotatable bonds is 5. The average molecular weight is 337 g/mol. The van der Waals surface area contributed by atoms with E-state index in [-0.39, 0.29) is 5.41 Å². The Labute approximate surface area is 135 Å². The van der Waals surface area contributed by atoms with Crippen LogP contribution in [0.25, 0.3) is 0 Å². The van der Waals surface area contributed by atoms with Crippen LogP contribution in [0.3, 0.4) is 0 Å². The van der Waals surface area contributed by atoms with Crippen molar-refractivity contribution in [3.05, 3.63) is 52.7 Å². The van der Waals surface area contributed by atoms with E-state index >= 15 is 0 Å². The van der Waals surface area contributed by atoms with E-state index in [0.717, 1.165) is 12.8 Å². The summed E-state index contributed by atoms with van der Waals surface area (Å²) in [5.41, 5.74) is 1.04. The predicted octanol–water partition coefficient (Wildman–Crippen LogP) is 2.77. The van der Waals surface area contributed by atoms with Gasteiger partial charge in [0.05, 0.1) is 4.90 Å². The highest BCUT2D eigenvalue weighted by Gasteiger charge is 2.36. The van der Waals surface area contributed by atoms with E-state index in [1.54, 1.807) is 35.6 Å². The van der Waals surface area contributed by atoms with Gasteiger partial charge >= 0.3 is 0 Å². The Bertz CT molecular complexity index is 690. The van der Waals surface area contributed by atoms with E-state index in [9.17, 15) is 8.42 Å². The van der Waals surface area contributed by atoms with Crippen LogP contribution in [0.15, 0.2) is 52.1 Å². The van der Waals surface area contributed by atoms with Crippen molar-refractivity contribution < 1.29 is 13.2 Å². The summed E-state index contributed by atoms with van der Waals surface area (Å²) in [6.45, 7) is 1.75. The summed E-state index contributed by atoms with van der Waals surface area (Å²) in [6.07, 6.45) is 1.67. The van der Waals surface area contributed by atoms with Gasteiger partial charge in [-0.05, 0) is 47.4 Å². The zero-order valence-electron chi connectivity index (χ0n) is 12.2. The maximum atomic E-state index is 12.4. The number of thiophene rings is 1. The second-order valence-corrected chi connectivity index (χ2v) is 8.09. The first-order chi connectivity index (χ1) is 10.6. The summed E-state index contributed by atoms with van der Waals surface area (Å²) in [5, 5.41) is 4.15. The molecule has 3 rings (SSSR count). The van der Waals surface area contributed by atoms with Gasteiger partial charge in [0.2, 0.25) is 10.0 Å². The molecule has 1 saturated heterocycles. The molecule has 0 bridgehead atoms. The van der Waals surface area contributed by atoms with E-state index in [1.165, 1.54) is 5.56 Å². The van der Waals surface area contributed by atoms with Crippen LogP contribution < -0.4 is 4.72 Å². The first kappa shape index (κ1) is 15.7. The maximum Gasteiger partial charge on any atom is 0.240 e. The van der Waals surface area contributed by atoms with Crippen LogP contribution in [0.4, 0.5) is 0 Å². The molecule has 0 radical (unpaired) electrons. The van der Waals surface area contributed by atoms with Crippen LogP contribution in [-0.4, -0.2) is 28.2 Å². The molecule has 1 aromatic carbocycles. The molecule has 1 aliphatic rings. The van der Waals surface area contributed by atoms with Crippen molar-refractivity contribution in [3.8, 4) is 0 Å². The van der Waals surface area contributed by atoms with E-state index < -0.39 is 10.0 Å². The largest absolute Gasteiger partial charge is 0.381 e. The molecule has 1 N–H and O–H groups in total. The Kier molecular flexibility index (Phi) is 4.63. The molecule has 0 atom stereocenters. The fourth-order valence-corrected chi connectivity index (χ4v) is 4.74. The fourth-order valence-electron chi connectivity index (χ4n) is 2.81. The second-order valence-electron chi connectivity index (χ2n) is 5.54. The Morgan fingerprint density at radius 3 is 2.50 bits per heavy atom. The van der Waals surface area contributed by atoms with E-state index in [2.05, 4.69) is 16.2 Å². The Hall–Kier alpha value is -1.21. The van der Waals surface area contributed by atoms with Gasteiger partial charge in [-0.15, -0.1) is 0 Å². The molecule has 2 heterocycles. The molecule has 0 spiro atoms. The lowest BCUT2D eigenvalue weighted by Crippen LogP contribution is -2.44. The van der Waals surface area contributed by atoms with Crippen molar-refractivity contribution in [2.24, 2.45) is 0 Å². The molecule has 0 aliphatic carbocycles. The number of nitrogens with one attached hydrogen (secondary N) is 1. The van der Waals surface area contributed by atoms with Gasteiger partial charge in [0.15, 0.2) is 0 Å². The van der Waals surface area contributed by atoms with Crippen molar-refractivity contribution in [1.82, 2.24) is 4.72 Å². The third kappa shape index (κ3) is 3.25. The molecule has 1 aliphatic heterocycles. The highest BCUT2D eigenvalue weighted by atomic mass is 32.2. The predicted molar refractivity (Wildman–Crippen MR) is 87.7 cm³/mol. The van der Waals surface area contributed by atoms with Crippen LogP contribution >= 0.6 is 11.3 Å². The van der Waals surface area contributed by atoms with Gasteiger partial charge in [0.1, 0.15) is 0 Å². The van der Waals surface area contributed by atoms with Crippen molar-refractivity contribution in [1.29, 1.82) is 0 Å². The number of hydrogen-bond donors (Lipinski definition) is 1. The van der Waals surface area contributed by atoms with Gasteiger partial charge in [0, 0.05) is 25.2 Å². The maximum absolute atomic E-state index is 12.4. The fraction of sp³-hybridized carbons (Fsp3) is 0.375. The Balaban J connectivity index is 1.80. The summed E-state index contributed by atoms with van der Waals surface area (Å²) < 4.78 is 33.2. The van der Waals surface area contributed by atoms with E-state index in [0.29, 0.717) is 24.7 Å². The van der Waals surface area contributed by atoms with Crippen molar-refractivity contribution in [2.75, 3.05) is 19.8 Å². The van der Waals surface area contributed by atoms with Crippen LogP contribution in [0, 0.1) is 0 Å². The average Bonchev–Trinajstić information content (AvgIpc) is 3.10. The van der Waals surface area contributed by atoms with Crippen LogP contribution in [-0.2, 0) is 20.2 Å². The van der Waals surface area contributed by atoms with E-state index in [4.69, 9.17) is 4.74 Å². The Morgan fingerprint density at radius 2 is 1.86 bits per heavy atom. The molecule has 118 valence electrons. The SMILES string of the molecule is O=S(=O)(NCC1(c2ccsc2)CCOCC1)c1ccccc1. The Morgan fingerprint density at radius 1 is 1.14 bits per heavy atom. The van der Waals surface area contributed by atoms with Gasteiger partial charge in [0.25, 0.3) is 0 Å². The smallest absolute Gasteiger partial charge is 0.240 e. The number of benzene rings is 1. The quantitative estimate of drug-likeness (QED) is 0.913. The third-order valence-corrected chi connectivity index (χ3v) is 6.34. The number of hydrogen-bond acceptors (Lipinski definition) is 4. The summed E-state index contributed by atoms with van der Waals surface area (Å²) in [4.78, 5) is 0.308. The molecule has 1 aromatic heterocycles. The van der Waals surface area contributed by atoms with Crippen LogP contribution in [0.2, 0.25) is 0 Å². The molecule has 0 saturated carbocycles. The second kappa shape index (κ2) is 6.50. The molecular weight excluding hydrogens is 318 g/mol. The minimum absolute atomic E-state index is 0.167. The molecule has 4 nitrogen and oxygen atoms in total. The molecule has 0 unspecified atom stereocenters. The van der Waals surface area contributed by atoms with Crippen LogP contribution in [0.1, 0.15) is 18.4 Å². The molecule has 6 heteroatoms. The van der Waals surface area contributed by atoms with Gasteiger partial charge in [-0.1, -0.05) is 18.2 Å². The van der Waals surface area contributed by atoms with Gasteiger partial charge in [-0.25, -0.2) is 13.1 Å². The van der Waals surface area contributed by atoms with Gasteiger partial charge in [-0.2, -0.15) is 11.3 Å². The third-order valence-electron chi connectivity index (χ3n) is 4.24. The molecule has 22 heavy (non-hydrogen) atoms. The molecule has 1 fully saturated rings. The number of sulfonamides is 1. The highest BCUT2D eigenvalue weighted by molar-refractivity contribution is 7.89. The minimum Gasteiger partial charge on any atom is -0.381 e. The van der Waals surface area contributed by atoms with Gasteiger partial charge < -0.3 is 4.74 Å². The first-order valence-corrected chi connectivity index (χ1v) is 9.70. The molecule has 0 amide bonds. The van der Waals surface area contributed by atoms with Crippen molar-refractivity contribution >= 4 is 21.4 Å². The zero-order chi connectivity index (χ0) is 15.5. The summed E-state index contributed by atoms with van der Waals surface area (Å²) >= 11 is 1.64. The van der Waals surface area contributed by atoms with Crippen LogP contribution in [0.5, 0.6) is 0 Å². The normalized spacial score (nSPS) is 18.2. The first-order valence-electron chi connectivity index (χ1n) is 7.28.